The van der Waals surface area contributed by atoms with Gasteiger partial charge >= 0.3 is 5.97 Å². The zero-order chi connectivity index (χ0) is 12.1. The number of hydrogen-bond donors (Lipinski definition) is 0. The van der Waals surface area contributed by atoms with Crippen LogP contribution >= 0.6 is 23.1 Å². The van der Waals surface area contributed by atoms with Crippen LogP contribution < -0.4 is 0 Å². The van der Waals surface area contributed by atoms with Gasteiger partial charge in [0.15, 0.2) is 5.76 Å². The number of thioether (sulfide) groups is 1. The molecule has 6 heteroatoms. The predicted molar refractivity (Wildman–Crippen MR) is 68.0 cm³/mol. The van der Waals surface area contributed by atoms with Crippen LogP contribution in [0.25, 0.3) is 10.6 Å². The van der Waals surface area contributed by atoms with Crippen molar-refractivity contribution in [1.82, 2.24) is 5.16 Å². The third kappa shape index (κ3) is 3.34. The Morgan fingerprint density at radius 1 is 1.65 bits per heavy atom. The van der Waals surface area contributed by atoms with Crippen LogP contribution in [0, 0.1) is 0 Å². The molecule has 90 valence electrons. The molecule has 0 unspecified atom stereocenters. The van der Waals surface area contributed by atoms with Gasteiger partial charge in [0, 0.05) is 11.8 Å². The molecule has 4 nitrogen and oxygen atoms in total. The number of thiophene rings is 1. The third-order valence-corrected chi connectivity index (χ3v) is 3.84. The molecule has 0 atom stereocenters. The molecule has 0 radical (unpaired) electrons. The second-order valence-corrected chi connectivity index (χ2v) is 5.16. The van der Waals surface area contributed by atoms with Crippen molar-refractivity contribution in [3.8, 4) is 10.6 Å². The van der Waals surface area contributed by atoms with Crippen LogP contribution in [0.1, 0.15) is 5.69 Å². The molecule has 0 aliphatic rings. The molecule has 0 aliphatic carbocycles. The number of aromatic nitrogens is 1. The molecule has 2 aromatic rings. The van der Waals surface area contributed by atoms with E-state index < -0.39 is 0 Å². The fraction of sp³-hybridized carbons (Fsp3) is 0.273. The van der Waals surface area contributed by atoms with Gasteiger partial charge in [-0.05, 0) is 11.4 Å². The lowest BCUT2D eigenvalue weighted by molar-refractivity contribution is -0.137. The normalized spacial score (nSPS) is 10.4. The monoisotopic (exact) mass is 269 g/mol. The molecule has 2 heterocycles. The number of ether oxygens (including phenoxy) is 1. The van der Waals surface area contributed by atoms with Gasteiger partial charge in [-0.1, -0.05) is 11.2 Å². The molecule has 0 fully saturated rings. The molecule has 2 rings (SSSR count). The molecule has 0 aromatic carbocycles. The van der Waals surface area contributed by atoms with Crippen molar-refractivity contribution < 1.29 is 14.1 Å². The molecule has 2 aromatic heterocycles. The van der Waals surface area contributed by atoms with E-state index in [0.717, 1.165) is 16.3 Å². The average Bonchev–Trinajstić information content (AvgIpc) is 2.98. The van der Waals surface area contributed by atoms with Crippen molar-refractivity contribution in [2.45, 2.75) is 5.75 Å². The van der Waals surface area contributed by atoms with Gasteiger partial charge in [0.05, 0.1) is 23.4 Å². The zero-order valence-corrected chi connectivity index (χ0v) is 10.8. The Kier molecular flexibility index (Phi) is 4.22. The van der Waals surface area contributed by atoms with Gasteiger partial charge < -0.3 is 9.26 Å². The van der Waals surface area contributed by atoms with E-state index in [4.69, 9.17) is 4.52 Å². The number of esters is 1. The summed E-state index contributed by atoms with van der Waals surface area (Å²) in [4.78, 5) is 12.0. The van der Waals surface area contributed by atoms with Crippen LogP contribution in [-0.4, -0.2) is 24.0 Å². The average molecular weight is 269 g/mol. The van der Waals surface area contributed by atoms with Crippen molar-refractivity contribution in [3.63, 3.8) is 0 Å². The van der Waals surface area contributed by atoms with E-state index >= 15 is 0 Å². The summed E-state index contributed by atoms with van der Waals surface area (Å²) in [5, 5.41) is 5.94. The first kappa shape index (κ1) is 12.2. The number of carbonyl (C=O) groups is 1. The summed E-state index contributed by atoms with van der Waals surface area (Å²) >= 11 is 3.06. The lowest BCUT2D eigenvalue weighted by Crippen LogP contribution is -2.03. The third-order valence-electron chi connectivity index (χ3n) is 2.02. The van der Waals surface area contributed by atoms with Crippen LogP contribution in [-0.2, 0) is 15.3 Å². The summed E-state index contributed by atoms with van der Waals surface area (Å²) in [6, 6.07) is 5.85. The Labute approximate surface area is 107 Å². The first-order valence-corrected chi connectivity index (χ1v) is 6.97. The summed E-state index contributed by atoms with van der Waals surface area (Å²) < 4.78 is 9.77. The highest BCUT2D eigenvalue weighted by Gasteiger charge is 2.08. The van der Waals surface area contributed by atoms with E-state index in [1.807, 2.05) is 23.6 Å². The smallest absolute Gasteiger partial charge is 0.315 e. The van der Waals surface area contributed by atoms with Gasteiger partial charge in [0.25, 0.3) is 0 Å². The lowest BCUT2D eigenvalue weighted by Gasteiger charge is -1.96. The van der Waals surface area contributed by atoms with Crippen LogP contribution in [0.3, 0.4) is 0 Å². The SMILES string of the molecule is COC(=O)CSCc1cc(-c2cccs2)on1. The summed E-state index contributed by atoms with van der Waals surface area (Å²) in [5.74, 6) is 1.52. The molecule has 0 spiro atoms. The van der Waals surface area contributed by atoms with Crippen molar-refractivity contribution in [2.75, 3.05) is 12.9 Å². The first-order chi connectivity index (χ1) is 8.29. The first-order valence-electron chi connectivity index (χ1n) is 4.93. The highest BCUT2D eigenvalue weighted by atomic mass is 32.2. The predicted octanol–water partition coefficient (Wildman–Crippen LogP) is 2.81. The second kappa shape index (κ2) is 5.88. The minimum Gasteiger partial charge on any atom is -0.468 e. The van der Waals surface area contributed by atoms with Crippen LogP contribution in [0.5, 0.6) is 0 Å². The van der Waals surface area contributed by atoms with Crippen LogP contribution in [0.2, 0.25) is 0 Å². The molecule has 0 saturated heterocycles. The Hall–Kier alpha value is -1.27. The van der Waals surface area contributed by atoms with Gasteiger partial charge in [0.1, 0.15) is 0 Å². The summed E-state index contributed by atoms with van der Waals surface area (Å²) in [6.07, 6.45) is 0. The molecular formula is C11H11NO3S2. The topological polar surface area (TPSA) is 52.3 Å². The zero-order valence-electron chi connectivity index (χ0n) is 9.21. The van der Waals surface area contributed by atoms with Crippen molar-refractivity contribution in [2.24, 2.45) is 0 Å². The molecule has 0 N–H and O–H groups in total. The molecular weight excluding hydrogens is 258 g/mol. The molecule has 0 saturated carbocycles. The van der Waals surface area contributed by atoms with E-state index in [1.165, 1.54) is 18.9 Å². The van der Waals surface area contributed by atoms with E-state index in [1.54, 1.807) is 11.3 Å². The highest BCUT2D eigenvalue weighted by molar-refractivity contribution is 7.99. The lowest BCUT2D eigenvalue weighted by atomic mass is 10.3. The quantitative estimate of drug-likeness (QED) is 0.781. The van der Waals surface area contributed by atoms with Gasteiger partial charge in [-0.2, -0.15) is 0 Å². The molecule has 0 aliphatic heterocycles. The molecule has 17 heavy (non-hydrogen) atoms. The van der Waals surface area contributed by atoms with E-state index in [-0.39, 0.29) is 5.97 Å². The molecule has 0 amide bonds. The van der Waals surface area contributed by atoms with Gasteiger partial charge in [0.2, 0.25) is 0 Å². The number of carbonyl (C=O) groups excluding carboxylic acids is 1. The maximum atomic E-state index is 10.9. The number of hydrogen-bond acceptors (Lipinski definition) is 6. The minimum atomic E-state index is -0.225. The minimum absolute atomic E-state index is 0.225. The number of nitrogens with zero attached hydrogens (tertiary/aromatic N) is 1. The van der Waals surface area contributed by atoms with E-state index in [0.29, 0.717) is 11.5 Å². The fourth-order valence-corrected chi connectivity index (χ4v) is 2.62. The van der Waals surface area contributed by atoms with Crippen molar-refractivity contribution in [3.05, 3.63) is 29.3 Å². The summed E-state index contributed by atoms with van der Waals surface area (Å²) in [7, 11) is 1.38. The Morgan fingerprint density at radius 3 is 3.24 bits per heavy atom. The number of rotatable bonds is 5. The van der Waals surface area contributed by atoms with Crippen molar-refractivity contribution in [1.29, 1.82) is 0 Å². The van der Waals surface area contributed by atoms with Gasteiger partial charge in [-0.25, -0.2) is 0 Å². The fourth-order valence-electron chi connectivity index (χ4n) is 1.21. The van der Waals surface area contributed by atoms with Gasteiger partial charge in [-0.15, -0.1) is 23.1 Å². The maximum Gasteiger partial charge on any atom is 0.315 e. The van der Waals surface area contributed by atoms with Crippen LogP contribution in [0.15, 0.2) is 28.1 Å². The highest BCUT2D eigenvalue weighted by Crippen LogP contribution is 2.26. The van der Waals surface area contributed by atoms with E-state index in [9.17, 15) is 4.79 Å². The second-order valence-electron chi connectivity index (χ2n) is 3.23. The van der Waals surface area contributed by atoms with E-state index in [2.05, 4.69) is 9.89 Å². The largest absolute Gasteiger partial charge is 0.468 e. The Bertz CT molecular complexity index is 479. The summed E-state index contributed by atoms with van der Waals surface area (Å²) in [5.41, 5.74) is 0.835. The molecule has 0 bridgehead atoms. The Morgan fingerprint density at radius 2 is 2.53 bits per heavy atom. The Balaban J connectivity index is 1.89. The number of methoxy groups -OCH3 is 1. The standard InChI is InChI=1S/C11H11NO3S2/c1-14-11(13)7-16-6-8-5-9(15-12-8)10-3-2-4-17-10/h2-5H,6-7H2,1H3. The van der Waals surface area contributed by atoms with Gasteiger partial charge in [-0.3, -0.25) is 4.79 Å². The maximum absolute atomic E-state index is 10.9. The summed E-state index contributed by atoms with van der Waals surface area (Å²) in [6.45, 7) is 0. The van der Waals surface area contributed by atoms with Crippen molar-refractivity contribution >= 4 is 29.1 Å². The van der Waals surface area contributed by atoms with Crippen LogP contribution in [0.4, 0.5) is 0 Å².